The van der Waals surface area contributed by atoms with Gasteiger partial charge in [-0.1, -0.05) is 12.1 Å². The van der Waals surface area contributed by atoms with Crippen molar-refractivity contribution in [2.24, 2.45) is 0 Å². The predicted octanol–water partition coefficient (Wildman–Crippen LogP) is 1.90. The third kappa shape index (κ3) is 6.23. The van der Waals surface area contributed by atoms with Crippen LogP contribution in [0.25, 0.3) is 5.69 Å². The number of alkyl carbamates (subject to hydrolysis) is 1. The molecule has 14 heteroatoms. The molecule has 0 bridgehead atoms. The quantitative estimate of drug-likeness (QED) is 0.221. The van der Waals surface area contributed by atoms with Crippen LogP contribution in [-0.2, 0) is 20.8 Å². The van der Waals surface area contributed by atoms with E-state index >= 15 is 0 Å². The van der Waals surface area contributed by atoms with Gasteiger partial charge in [-0.2, -0.15) is 4.68 Å². The van der Waals surface area contributed by atoms with Crippen LogP contribution >= 0.6 is 0 Å². The number of nitrogens with zero attached hydrogens (tertiary/aromatic N) is 5. The van der Waals surface area contributed by atoms with Gasteiger partial charge in [-0.05, 0) is 54.6 Å². The SMILES string of the molecule is CCOC(=O)CCN1Cc2nnnn2-c2ccc(NC(=O)c3ccc(C(=N)NC(=O)OCC)cc3)cc2C1=O. The highest BCUT2D eigenvalue weighted by Crippen LogP contribution is 2.26. The zero-order valence-electron chi connectivity index (χ0n) is 21.3. The van der Waals surface area contributed by atoms with Crippen molar-refractivity contribution in [1.29, 1.82) is 5.41 Å². The molecule has 3 N–H and O–H groups in total. The summed E-state index contributed by atoms with van der Waals surface area (Å²) in [5, 5.41) is 24.7. The summed E-state index contributed by atoms with van der Waals surface area (Å²) in [5.41, 5.74) is 1.72. The lowest BCUT2D eigenvalue weighted by Gasteiger charge is -2.20. The van der Waals surface area contributed by atoms with Crippen LogP contribution in [0.3, 0.4) is 0 Å². The highest BCUT2D eigenvalue weighted by Gasteiger charge is 2.29. The van der Waals surface area contributed by atoms with E-state index in [2.05, 4.69) is 26.2 Å². The van der Waals surface area contributed by atoms with Gasteiger partial charge in [0.25, 0.3) is 11.8 Å². The van der Waals surface area contributed by atoms with E-state index in [1.165, 1.54) is 39.9 Å². The largest absolute Gasteiger partial charge is 0.466 e. The number of tetrazole rings is 1. The molecule has 0 atom stereocenters. The number of hydrogen-bond acceptors (Lipinski definition) is 10. The van der Waals surface area contributed by atoms with Gasteiger partial charge in [0.05, 0.1) is 37.4 Å². The average molecular weight is 535 g/mol. The topological polar surface area (TPSA) is 181 Å². The highest BCUT2D eigenvalue weighted by atomic mass is 16.5. The van der Waals surface area contributed by atoms with Gasteiger partial charge in [0.2, 0.25) is 0 Å². The van der Waals surface area contributed by atoms with E-state index in [0.717, 1.165) is 0 Å². The van der Waals surface area contributed by atoms with Crippen molar-refractivity contribution in [3.05, 3.63) is 65.0 Å². The van der Waals surface area contributed by atoms with Gasteiger partial charge < -0.3 is 19.7 Å². The van der Waals surface area contributed by atoms with Crippen molar-refractivity contribution in [3.63, 3.8) is 0 Å². The standard InChI is InChI=1S/C25H26N8O6/c1-3-38-21(34)11-12-32-14-20-29-30-31-33(20)19-10-9-17(13-18(19)24(32)36)27-23(35)16-7-5-15(6-8-16)22(26)28-25(37)39-4-2/h5-10,13H,3-4,11-12,14H2,1-2H3,(H,27,35)(H2,26,28,37). The molecule has 0 saturated heterocycles. The van der Waals surface area contributed by atoms with Crippen LogP contribution in [-0.4, -0.2) is 74.6 Å². The van der Waals surface area contributed by atoms with Gasteiger partial charge in [0.15, 0.2) is 5.82 Å². The second-order valence-corrected chi connectivity index (χ2v) is 8.27. The Balaban J connectivity index is 1.51. The van der Waals surface area contributed by atoms with Crippen molar-refractivity contribution in [3.8, 4) is 5.69 Å². The van der Waals surface area contributed by atoms with Crippen LogP contribution in [0, 0.1) is 5.41 Å². The minimum Gasteiger partial charge on any atom is -0.466 e. The van der Waals surface area contributed by atoms with Crippen LogP contribution < -0.4 is 10.6 Å². The second kappa shape index (κ2) is 11.9. The molecule has 0 spiro atoms. The van der Waals surface area contributed by atoms with E-state index < -0.39 is 18.0 Å². The van der Waals surface area contributed by atoms with Gasteiger partial charge in [-0.3, -0.25) is 25.1 Å². The van der Waals surface area contributed by atoms with Crippen molar-refractivity contribution in [2.75, 3.05) is 25.1 Å². The molecule has 0 aliphatic carbocycles. The molecule has 1 aliphatic heterocycles. The molecule has 2 aromatic carbocycles. The summed E-state index contributed by atoms with van der Waals surface area (Å²) in [6.45, 7) is 3.97. The Morgan fingerprint density at radius 3 is 2.46 bits per heavy atom. The number of aromatic nitrogens is 4. The summed E-state index contributed by atoms with van der Waals surface area (Å²) in [6.07, 6.45) is -0.731. The minimum absolute atomic E-state index is 0.00960. The number of rotatable bonds is 8. The fraction of sp³-hybridized carbons (Fsp3) is 0.280. The molecule has 39 heavy (non-hydrogen) atoms. The fourth-order valence-corrected chi connectivity index (χ4v) is 3.85. The van der Waals surface area contributed by atoms with E-state index in [-0.39, 0.29) is 50.0 Å². The molecule has 1 aromatic heterocycles. The number of hydrogen-bond donors (Lipinski definition) is 3. The van der Waals surface area contributed by atoms with Crippen LogP contribution in [0.1, 0.15) is 52.4 Å². The molecule has 0 unspecified atom stereocenters. The molecule has 4 rings (SSSR count). The summed E-state index contributed by atoms with van der Waals surface area (Å²) in [5.74, 6) is -0.984. The van der Waals surface area contributed by atoms with Gasteiger partial charge >= 0.3 is 12.1 Å². The van der Waals surface area contributed by atoms with E-state index in [4.69, 9.17) is 14.9 Å². The lowest BCUT2D eigenvalue weighted by molar-refractivity contribution is -0.143. The van der Waals surface area contributed by atoms with Crippen LogP contribution in [0.5, 0.6) is 0 Å². The third-order valence-corrected chi connectivity index (χ3v) is 5.70. The lowest BCUT2D eigenvalue weighted by Crippen LogP contribution is -2.32. The summed E-state index contributed by atoms with van der Waals surface area (Å²) >= 11 is 0. The summed E-state index contributed by atoms with van der Waals surface area (Å²) in [4.78, 5) is 51.2. The fourth-order valence-electron chi connectivity index (χ4n) is 3.85. The number of carbonyl (C=O) groups is 4. The number of esters is 1. The number of nitrogens with one attached hydrogen (secondary N) is 3. The van der Waals surface area contributed by atoms with E-state index in [0.29, 0.717) is 28.3 Å². The lowest BCUT2D eigenvalue weighted by atomic mass is 10.1. The van der Waals surface area contributed by atoms with Gasteiger partial charge in [-0.15, -0.1) is 5.10 Å². The first-order chi connectivity index (χ1) is 18.8. The van der Waals surface area contributed by atoms with Crippen molar-refractivity contribution >= 4 is 35.4 Å². The summed E-state index contributed by atoms with van der Waals surface area (Å²) < 4.78 is 11.2. The molecule has 0 fully saturated rings. The van der Waals surface area contributed by atoms with E-state index in [1.807, 2.05) is 0 Å². The summed E-state index contributed by atoms with van der Waals surface area (Å²) in [7, 11) is 0. The van der Waals surface area contributed by atoms with E-state index in [9.17, 15) is 19.2 Å². The Labute approximate surface area is 222 Å². The Kier molecular flexibility index (Phi) is 8.24. The number of carbonyl (C=O) groups excluding carboxylic acids is 4. The highest BCUT2D eigenvalue weighted by molar-refractivity contribution is 6.08. The molecule has 3 aromatic rings. The molecule has 3 amide bonds. The maximum atomic E-state index is 13.4. The monoisotopic (exact) mass is 534 g/mol. The predicted molar refractivity (Wildman–Crippen MR) is 137 cm³/mol. The van der Waals surface area contributed by atoms with Crippen molar-refractivity contribution < 1.29 is 28.7 Å². The van der Waals surface area contributed by atoms with Crippen LogP contribution in [0.4, 0.5) is 10.5 Å². The smallest absolute Gasteiger partial charge is 0.412 e. The molecule has 0 radical (unpaired) electrons. The first-order valence-electron chi connectivity index (χ1n) is 12.1. The maximum Gasteiger partial charge on any atom is 0.412 e. The Bertz CT molecular complexity index is 1420. The molecule has 14 nitrogen and oxygen atoms in total. The first-order valence-corrected chi connectivity index (χ1v) is 12.1. The third-order valence-electron chi connectivity index (χ3n) is 5.70. The zero-order chi connectivity index (χ0) is 27.9. The number of ether oxygens (including phenoxy) is 2. The minimum atomic E-state index is -0.740. The molecule has 202 valence electrons. The number of benzene rings is 2. The number of fused-ring (bicyclic) bond motifs is 3. The number of anilines is 1. The van der Waals surface area contributed by atoms with Crippen LogP contribution in [0.15, 0.2) is 42.5 Å². The van der Waals surface area contributed by atoms with Gasteiger partial charge in [0, 0.05) is 23.4 Å². The molecule has 2 heterocycles. The van der Waals surface area contributed by atoms with E-state index in [1.54, 1.807) is 26.0 Å². The Hall–Kier alpha value is -5.14. The van der Waals surface area contributed by atoms with Crippen molar-refractivity contribution in [2.45, 2.75) is 26.8 Å². The maximum absolute atomic E-state index is 13.4. The first kappa shape index (κ1) is 26.9. The second-order valence-electron chi connectivity index (χ2n) is 8.27. The zero-order valence-corrected chi connectivity index (χ0v) is 21.3. The number of amides is 3. The Morgan fingerprint density at radius 1 is 1.03 bits per heavy atom. The average Bonchev–Trinajstić information content (AvgIpc) is 3.35. The van der Waals surface area contributed by atoms with Crippen molar-refractivity contribution in [1.82, 2.24) is 30.4 Å². The molecular formula is C25H26N8O6. The Morgan fingerprint density at radius 2 is 1.74 bits per heavy atom. The number of amidine groups is 1. The van der Waals surface area contributed by atoms with Gasteiger partial charge in [-0.25, -0.2) is 4.79 Å². The summed E-state index contributed by atoms with van der Waals surface area (Å²) in [6, 6.07) is 10.8. The molecule has 0 saturated carbocycles. The molecule has 1 aliphatic rings. The van der Waals surface area contributed by atoms with Gasteiger partial charge in [0.1, 0.15) is 5.84 Å². The normalized spacial score (nSPS) is 12.1. The molecular weight excluding hydrogens is 508 g/mol. The van der Waals surface area contributed by atoms with Crippen LogP contribution in [0.2, 0.25) is 0 Å².